The maximum atomic E-state index is 11.0. The standard InChI is InChI=1S/2C12H18O.Ca/c2*1-2-3-4-5-7-11-8-6-9-12(13)10-11;/h2*6,8-10,13H,2-5,7H2,1H3;/q;;+2/p-2. The van der Waals surface area contributed by atoms with Crippen LogP contribution in [0.4, 0.5) is 0 Å². The molecule has 0 atom stereocenters. The minimum Gasteiger partial charge on any atom is -0.872 e. The van der Waals surface area contributed by atoms with E-state index in [0.717, 1.165) is 12.8 Å². The van der Waals surface area contributed by atoms with Crippen LogP contribution in [0.1, 0.15) is 76.3 Å². The Kier molecular flexibility index (Phi) is 17.0. The van der Waals surface area contributed by atoms with Crippen LogP contribution in [-0.2, 0) is 12.8 Å². The summed E-state index contributed by atoms with van der Waals surface area (Å²) >= 11 is 0. The van der Waals surface area contributed by atoms with Crippen molar-refractivity contribution in [2.75, 3.05) is 0 Å². The van der Waals surface area contributed by atoms with Gasteiger partial charge < -0.3 is 10.2 Å². The van der Waals surface area contributed by atoms with Gasteiger partial charge in [0.2, 0.25) is 0 Å². The maximum absolute atomic E-state index is 11.0. The molecule has 0 unspecified atom stereocenters. The fraction of sp³-hybridized carbons (Fsp3) is 0.500. The van der Waals surface area contributed by atoms with Crippen LogP contribution in [0.15, 0.2) is 48.5 Å². The van der Waals surface area contributed by atoms with Gasteiger partial charge in [-0.3, -0.25) is 0 Å². The van der Waals surface area contributed by atoms with E-state index in [1.165, 1.54) is 62.5 Å². The average molecular weight is 395 g/mol. The molecular formula is C24H34CaO2. The third-order valence-corrected chi connectivity index (χ3v) is 4.43. The molecule has 2 aromatic rings. The Morgan fingerprint density at radius 3 is 1.33 bits per heavy atom. The predicted molar refractivity (Wildman–Crippen MR) is 113 cm³/mol. The third-order valence-electron chi connectivity index (χ3n) is 4.43. The molecule has 0 saturated heterocycles. The molecule has 0 saturated carbocycles. The van der Waals surface area contributed by atoms with Gasteiger partial charge in [-0.05, 0) is 36.8 Å². The van der Waals surface area contributed by atoms with E-state index in [1.54, 1.807) is 24.3 Å². The van der Waals surface area contributed by atoms with Crippen molar-refractivity contribution >= 4 is 37.7 Å². The molecule has 144 valence electrons. The van der Waals surface area contributed by atoms with Crippen molar-refractivity contribution in [3.05, 3.63) is 59.7 Å². The van der Waals surface area contributed by atoms with Crippen molar-refractivity contribution < 1.29 is 10.2 Å². The summed E-state index contributed by atoms with van der Waals surface area (Å²) in [5.41, 5.74) is 2.37. The number of aryl methyl sites for hydroxylation is 2. The van der Waals surface area contributed by atoms with Gasteiger partial charge in [-0.25, -0.2) is 0 Å². The molecule has 3 heteroatoms. The largest absolute Gasteiger partial charge is 2.00 e. The minimum atomic E-state index is 0. The fourth-order valence-electron chi connectivity index (χ4n) is 2.91. The van der Waals surface area contributed by atoms with Crippen molar-refractivity contribution in [3.63, 3.8) is 0 Å². The second-order valence-corrected chi connectivity index (χ2v) is 6.92. The first-order chi connectivity index (χ1) is 12.7. The summed E-state index contributed by atoms with van der Waals surface area (Å²) in [6.07, 6.45) is 12.2. The number of benzene rings is 2. The second kappa shape index (κ2) is 17.4. The minimum absolute atomic E-state index is 0. The quantitative estimate of drug-likeness (QED) is 0.401. The molecule has 0 heterocycles. The summed E-state index contributed by atoms with van der Waals surface area (Å²) < 4.78 is 0. The summed E-state index contributed by atoms with van der Waals surface area (Å²) in [5.74, 6) is 0.265. The third kappa shape index (κ3) is 14.0. The van der Waals surface area contributed by atoms with Gasteiger partial charge in [0.15, 0.2) is 0 Å². The molecule has 0 spiro atoms. The van der Waals surface area contributed by atoms with Crippen molar-refractivity contribution in [1.82, 2.24) is 0 Å². The first-order valence-corrected chi connectivity index (χ1v) is 10.2. The van der Waals surface area contributed by atoms with E-state index in [1.807, 2.05) is 24.3 Å². The van der Waals surface area contributed by atoms with Crippen LogP contribution in [0.3, 0.4) is 0 Å². The summed E-state index contributed by atoms with van der Waals surface area (Å²) in [6, 6.07) is 14.5. The Morgan fingerprint density at radius 1 is 0.593 bits per heavy atom. The van der Waals surface area contributed by atoms with Crippen LogP contribution >= 0.6 is 0 Å². The van der Waals surface area contributed by atoms with Crippen molar-refractivity contribution in [3.8, 4) is 11.5 Å². The molecular weight excluding hydrogens is 360 g/mol. The van der Waals surface area contributed by atoms with Crippen molar-refractivity contribution in [2.24, 2.45) is 0 Å². The molecule has 0 aliphatic carbocycles. The summed E-state index contributed by atoms with van der Waals surface area (Å²) in [4.78, 5) is 0. The summed E-state index contributed by atoms with van der Waals surface area (Å²) in [7, 11) is 0. The molecule has 0 aromatic heterocycles. The number of hydrogen-bond acceptors (Lipinski definition) is 2. The molecule has 0 aliphatic rings. The fourth-order valence-corrected chi connectivity index (χ4v) is 2.91. The number of rotatable bonds is 10. The van der Waals surface area contributed by atoms with Crippen molar-refractivity contribution in [2.45, 2.75) is 78.1 Å². The van der Waals surface area contributed by atoms with Crippen LogP contribution in [0.25, 0.3) is 0 Å². The van der Waals surface area contributed by atoms with E-state index in [9.17, 15) is 10.2 Å². The van der Waals surface area contributed by atoms with Gasteiger partial charge >= 0.3 is 37.7 Å². The topological polar surface area (TPSA) is 46.1 Å². The Balaban J connectivity index is 0.000000483. The predicted octanol–water partition coefficient (Wildman–Crippen LogP) is 5.39. The van der Waals surface area contributed by atoms with Crippen LogP contribution in [-0.4, -0.2) is 37.7 Å². The Labute approximate surface area is 196 Å². The molecule has 2 rings (SSSR count). The van der Waals surface area contributed by atoms with E-state index in [0.29, 0.717) is 0 Å². The van der Waals surface area contributed by atoms with E-state index in [2.05, 4.69) is 13.8 Å². The Morgan fingerprint density at radius 2 is 1.00 bits per heavy atom. The van der Waals surface area contributed by atoms with Crippen molar-refractivity contribution in [1.29, 1.82) is 0 Å². The van der Waals surface area contributed by atoms with Crippen LogP contribution in [0.5, 0.6) is 11.5 Å². The molecule has 0 aliphatic heterocycles. The molecule has 0 amide bonds. The molecule has 0 fully saturated rings. The van der Waals surface area contributed by atoms with Gasteiger partial charge in [-0.2, -0.15) is 0 Å². The molecule has 0 bridgehead atoms. The second-order valence-electron chi connectivity index (χ2n) is 6.92. The van der Waals surface area contributed by atoms with E-state index >= 15 is 0 Å². The molecule has 0 N–H and O–H groups in total. The monoisotopic (exact) mass is 394 g/mol. The summed E-state index contributed by atoms with van der Waals surface area (Å²) in [6.45, 7) is 4.41. The zero-order chi connectivity index (χ0) is 19.0. The van der Waals surface area contributed by atoms with Crippen LogP contribution in [0.2, 0.25) is 0 Å². The van der Waals surface area contributed by atoms with Gasteiger partial charge in [0.1, 0.15) is 0 Å². The molecule has 27 heavy (non-hydrogen) atoms. The SMILES string of the molecule is CCCCCCc1cccc([O-])c1.CCCCCCc1cccc([O-])c1.[Ca+2]. The van der Waals surface area contributed by atoms with Gasteiger partial charge in [-0.15, -0.1) is 11.5 Å². The van der Waals surface area contributed by atoms with Crippen LogP contribution < -0.4 is 10.2 Å². The first-order valence-electron chi connectivity index (χ1n) is 10.2. The van der Waals surface area contributed by atoms with Crippen LogP contribution in [0, 0.1) is 0 Å². The summed E-state index contributed by atoms with van der Waals surface area (Å²) in [5, 5.41) is 22.0. The van der Waals surface area contributed by atoms with E-state index < -0.39 is 0 Å². The average Bonchev–Trinajstić information content (AvgIpc) is 2.63. The maximum Gasteiger partial charge on any atom is 2.00 e. The van der Waals surface area contributed by atoms with E-state index in [-0.39, 0.29) is 49.2 Å². The molecule has 0 radical (unpaired) electrons. The van der Waals surface area contributed by atoms with Gasteiger partial charge in [0, 0.05) is 0 Å². The number of hydrogen-bond donors (Lipinski definition) is 0. The Hall–Kier alpha value is -0.700. The van der Waals surface area contributed by atoms with Gasteiger partial charge in [0.05, 0.1) is 0 Å². The number of unbranched alkanes of at least 4 members (excludes halogenated alkanes) is 6. The normalized spacial score (nSPS) is 9.85. The van der Waals surface area contributed by atoms with E-state index in [4.69, 9.17) is 0 Å². The zero-order valence-corrected chi connectivity index (χ0v) is 19.4. The van der Waals surface area contributed by atoms with Gasteiger partial charge in [0.25, 0.3) is 0 Å². The zero-order valence-electron chi connectivity index (χ0n) is 17.2. The Bertz CT molecular complexity index is 545. The smallest absolute Gasteiger partial charge is 0.872 e. The van der Waals surface area contributed by atoms with Gasteiger partial charge in [-0.1, -0.05) is 101 Å². The molecule has 2 nitrogen and oxygen atoms in total. The first kappa shape index (κ1) is 26.3. The molecule has 2 aromatic carbocycles.